The van der Waals surface area contributed by atoms with E-state index in [2.05, 4.69) is 28.5 Å². The number of carbonyl (C=O) groups is 4. The summed E-state index contributed by atoms with van der Waals surface area (Å²) in [5, 5.41) is 3.17. The van der Waals surface area contributed by atoms with Gasteiger partial charge in [-0.05, 0) is 60.0 Å². The maximum absolute atomic E-state index is 12.9. The van der Waals surface area contributed by atoms with E-state index in [0.29, 0.717) is 23.5 Å². The van der Waals surface area contributed by atoms with Crippen molar-refractivity contribution in [1.82, 2.24) is 20.2 Å². The Morgan fingerprint density at radius 1 is 0.887 bits per heavy atom. The second kappa shape index (κ2) is 15.9. The first-order chi connectivity index (χ1) is 25.7. The van der Waals surface area contributed by atoms with Crippen LogP contribution in [-0.2, 0) is 30.4 Å². The van der Waals surface area contributed by atoms with Gasteiger partial charge in [-0.2, -0.15) is 0 Å². The Morgan fingerprint density at radius 2 is 1.64 bits per heavy atom. The molecule has 2 aliphatic heterocycles. The highest BCUT2D eigenvalue weighted by atomic mass is 32.1. The first-order valence-corrected chi connectivity index (χ1v) is 17.9. The number of piperidine rings is 1. The van der Waals surface area contributed by atoms with Gasteiger partial charge in [0.1, 0.15) is 41.6 Å². The van der Waals surface area contributed by atoms with Gasteiger partial charge in [0.25, 0.3) is 5.91 Å². The zero-order valence-electron chi connectivity index (χ0n) is 29.2. The average Bonchev–Trinajstić information content (AvgIpc) is 3.73. The smallest absolute Gasteiger partial charge is 0.337 e. The van der Waals surface area contributed by atoms with Gasteiger partial charge in [0.2, 0.25) is 11.8 Å². The number of amides is 3. The molecule has 7 rings (SSSR count). The Morgan fingerprint density at radius 3 is 2.42 bits per heavy atom. The Hall–Kier alpha value is -5.70. The van der Waals surface area contributed by atoms with E-state index in [9.17, 15) is 19.2 Å². The molecule has 0 radical (unpaired) electrons. The molecule has 4 heterocycles. The molecule has 1 atom stereocenters. The molecule has 0 spiro atoms. The zero-order valence-corrected chi connectivity index (χ0v) is 30.0. The summed E-state index contributed by atoms with van der Waals surface area (Å²) in [5.74, 6) is 0.374. The number of nitrogens with one attached hydrogen (secondary N) is 1. The van der Waals surface area contributed by atoms with Gasteiger partial charge in [0.05, 0.1) is 30.0 Å². The predicted molar refractivity (Wildman–Crippen MR) is 198 cm³/mol. The highest BCUT2D eigenvalue weighted by Gasteiger charge is 2.39. The maximum atomic E-state index is 12.9. The van der Waals surface area contributed by atoms with Crippen LogP contribution in [-0.4, -0.2) is 91.7 Å². The van der Waals surface area contributed by atoms with Crippen LogP contribution in [0.3, 0.4) is 0 Å². The summed E-state index contributed by atoms with van der Waals surface area (Å²) in [6.45, 7) is 1.05. The van der Waals surface area contributed by atoms with Crippen molar-refractivity contribution in [2.75, 3.05) is 52.0 Å². The monoisotopic (exact) mass is 735 g/mol. The van der Waals surface area contributed by atoms with Crippen LogP contribution in [0, 0.1) is 0 Å². The van der Waals surface area contributed by atoms with Crippen molar-refractivity contribution in [1.29, 1.82) is 0 Å². The standard InChI is InChI=1S/C39H37N5O8S/c1-43(2)34-13-7-26(21-40-34)24-3-5-25(6-4-24)38-41-31-11-9-29(20-33(31)53-38)52-36(46)23-50-16-15-49-17-18-51-28-8-10-30-27(19-28)22-44(39(30)48)32-12-14-35(45)42-37(32)47/h3-11,13,19-21,32H,12,14-18,22-23H2,1-2H3,(H,42,45,47). The first kappa shape index (κ1) is 35.7. The van der Waals surface area contributed by atoms with Crippen LogP contribution in [0.2, 0.25) is 0 Å². The first-order valence-electron chi connectivity index (χ1n) is 17.1. The molecule has 1 fully saturated rings. The van der Waals surface area contributed by atoms with Crippen molar-refractivity contribution in [3.05, 3.63) is 90.1 Å². The minimum absolute atomic E-state index is 0.195. The maximum Gasteiger partial charge on any atom is 0.337 e. The summed E-state index contributed by atoms with van der Waals surface area (Å²) in [6, 6.07) is 22.1. The van der Waals surface area contributed by atoms with E-state index in [1.165, 1.54) is 16.2 Å². The summed E-state index contributed by atoms with van der Waals surface area (Å²) in [4.78, 5) is 61.8. The number of rotatable bonds is 14. The van der Waals surface area contributed by atoms with Crippen LogP contribution in [0.5, 0.6) is 11.5 Å². The lowest BCUT2D eigenvalue weighted by molar-refractivity contribution is -0.140. The van der Waals surface area contributed by atoms with Crippen molar-refractivity contribution < 1.29 is 38.1 Å². The molecule has 2 aliphatic rings. The highest BCUT2D eigenvalue weighted by Crippen LogP contribution is 2.34. The molecule has 2 aromatic heterocycles. The number of benzene rings is 3. The van der Waals surface area contributed by atoms with Crippen LogP contribution in [0.25, 0.3) is 31.9 Å². The van der Waals surface area contributed by atoms with Crippen molar-refractivity contribution in [3.8, 4) is 33.2 Å². The number of hydrogen-bond donors (Lipinski definition) is 1. The van der Waals surface area contributed by atoms with Gasteiger partial charge in [0.15, 0.2) is 0 Å². The molecular formula is C39H37N5O8S. The number of anilines is 1. The van der Waals surface area contributed by atoms with Crippen LogP contribution < -0.4 is 19.7 Å². The molecule has 5 aromatic rings. The third-order valence-electron chi connectivity index (χ3n) is 8.85. The Balaban J connectivity index is 0.805. The summed E-state index contributed by atoms with van der Waals surface area (Å²) >= 11 is 1.52. The molecule has 13 nitrogen and oxygen atoms in total. The molecule has 0 saturated carbocycles. The van der Waals surface area contributed by atoms with Gasteiger partial charge in [-0.25, -0.2) is 14.8 Å². The van der Waals surface area contributed by atoms with Gasteiger partial charge in [-0.15, -0.1) is 11.3 Å². The Labute approximate surface area is 309 Å². The van der Waals surface area contributed by atoms with Crippen molar-refractivity contribution in [2.45, 2.75) is 25.4 Å². The lowest BCUT2D eigenvalue weighted by atomic mass is 10.0. The molecule has 272 valence electrons. The molecule has 3 aromatic carbocycles. The van der Waals surface area contributed by atoms with E-state index in [0.717, 1.165) is 43.3 Å². The fraction of sp³-hybridized carbons (Fsp3) is 0.282. The normalized spacial score (nSPS) is 15.4. The molecule has 1 N–H and O–H groups in total. The lowest BCUT2D eigenvalue weighted by Crippen LogP contribution is -2.52. The number of thiazole rings is 1. The fourth-order valence-electron chi connectivity index (χ4n) is 6.11. The van der Waals surface area contributed by atoms with Crippen LogP contribution >= 0.6 is 11.3 Å². The molecule has 0 aliphatic carbocycles. The predicted octanol–water partition coefficient (Wildman–Crippen LogP) is 4.87. The van der Waals surface area contributed by atoms with Gasteiger partial charge in [-0.1, -0.05) is 24.3 Å². The molecule has 3 amide bonds. The third-order valence-corrected chi connectivity index (χ3v) is 9.91. The Bertz CT molecular complexity index is 2150. The van der Waals surface area contributed by atoms with E-state index in [-0.39, 0.29) is 57.8 Å². The molecule has 53 heavy (non-hydrogen) atoms. The molecular weight excluding hydrogens is 699 g/mol. The number of nitrogens with zero attached hydrogens (tertiary/aromatic N) is 4. The lowest BCUT2D eigenvalue weighted by Gasteiger charge is -2.29. The molecule has 1 unspecified atom stereocenters. The summed E-state index contributed by atoms with van der Waals surface area (Å²) in [6.07, 6.45) is 2.38. The number of hydrogen-bond acceptors (Lipinski definition) is 12. The second-order valence-electron chi connectivity index (χ2n) is 12.7. The number of aromatic nitrogens is 2. The van der Waals surface area contributed by atoms with Gasteiger partial charge in [-0.3, -0.25) is 19.7 Å². The van der Waals surface area contributed by atoms with Crippen molar-refractivity contribution in [2.24, 2.45) is 0 Å². The number of pyridine rings is 1. The van der Waals surface area contributed by atoms with Crippen molar-refractivity contribution >= 4 is 51.1 Å². The van der Waals surface area contributed by atoms with E-state index < -0.39 is 17.9 Å². The van der Waals surface area contributed by atoms with E-state index >= 15 is 0 Å². The minimum atomic E-state index is -0.663. The topological polar surface area (TPSA) is 149 Å². The number of carbonyl (C=O) groups excluding carboxylic acids is 4. The molecule has 14 heteroatoms. The van der Waals surface area contributed by atoms with E-state index in [4.69, 9.17) is 23.9 Å². The number of ether oxygens (including phenoxy) is 4. The van der Waals surface area contributed by atoms with Crippen LogP contribution in [0.4, 0.5) is 5.82 Å². The van der Waals surface area contributed by atoms with E-state index in [1.54, 1.807) is 30.3 Å². The SMILES string of the molecule is CN(C)c1ccc(-c2ccc(-c3nc4ccc(OC(=O)COCCOCCOc5ccc6c(c5)CN(C5CCC(=O)NC5=O)C6=O)cc4s3)cc2)cn1. The zero-order chi connectivity index (χ0) is 36.9. The minimum Gasteiger partial charge on any atom is -0.491 e. The van der Waals surface area contributed by atoms with E-state index in [1.807, 2.05) is 49.5 Å². The van der Waals surface area contributed by atoms with Crippen molar-refractivity contribution in [3.63, 3.8) is 0 Å². The number of imide groups is 1. The second-order valence-corrected chi connectivity index (χ2v) is 13.8. The number of esters is 1. The van der Waals surface area contributed by atoms with Crippen LogP contribution in [0.1, 0.15) is 28.8 Å². The molecule has 0 bridgehead atoms. The summed E-state index contributed by atoms with van der Waals surface area (Å²) < 4.78 is 23.2. The summed E-state index contributed by atoms with van der Waals surface area (Å²) in [5.41, 5.74) is 5.20. The van der Waals surface area contributed by atoms with Crippen LogP contribution in [0.15, 0.2) is 79.0 Å². The number of fused-ring (bicyclic) bond motifs is 2. The van der Waals surface area contributed by atoms with Gasteiger partial charge >= 0.3 is 5.97 Å². The quantitative estimate of drug-likeness (QED) is 0.0721. The third kappa shape index (κ3) is 8.35. The summed E-state index contributed by atoms with van der Waals surface area (Å²) in [7, 11) is 3.92. The highest BCUT2D eigenvalue weighted by molar-refractivity contribution is 7.21. The average molecular weight is 736 g/mol. The fourth-order valence-corrected chi connectivity index (χ4v) is 7.11. The Kier molecular flexibility index (Phi) is 10.7. The largest absolute Gasteiger partial charge is 0.491 e. The van der Waals surface area contributed by atoms with Gasteiger partial charge < -0.3 is 28.7 Å². The molecule has 1 saturated heterocycles. The van der Waals surface area contributed by atoms with Gasteiger partial charge in [0, 0.05) is 56.0 Å².